The van der Waals surface area contributed by atoms with Crippen LogP contribution in [0.1, 0.15) is 18.4 Å². The lowest BCUT2D eigenvalue weighted by molar-refractivity contribution is -0.127. The molecule has 7 heteroatoms. The monoisotopic (exact) mass is 409 g/mol. The number of hydrogen-bond acceptors (Lipinski definition) is 2. The van der Waals surface area contributed by atoms with E-state index in [2.05, 4.69) is 15.6 Å². The van der Waals surface area contributed by atoms with Gasteiger partial charge >= 0.3 is 0 Å². The molecule has 0 bridgehead atoms. The standard InChI is InChI=1S/C23H21F2N3O2/c24-17-6-1-14(2-7-17)20-13-16(22(28-20)15-3-8-18(25)9-4-15)5-10-21(29)27-19-11-12-26-23(19)30/h1-4,6-9,13,19,28H,5,10-12H2,(H,26,30)(H,27,29)/t19-/m0/s1. The molecule has 1 aliphatic rings. The maximum absolute atomic E-state index is 13.4. The second-order valence-electron chi connectivity index (χ2n) is 7.30. The summed E-state index contributed by atoms with van der Waals surface area (Å²) in [5.41, 5.74) is 4.03. The highest BCUT2D eigenvalue weighted by Gasteiger charge is 2.25. The molecule has 0 aliphatic carbocycles. The van der Waals surface area contributed by atoms with Crippen LogP contribution in [-0.2, 0) is 16.0 Å². The molecular formula is C23H21F2N3O2. The zero-order chi connectivity index (χ0) is 21.1. The lowest BCUT2D eigenvalue weighted by atomic mass is 10.0. The fourth-order valence-electron chi connectivity index (χ4n) is 3.60. The molecule has 0 spiro atoms. The number of hydrogen-bond donors (Lipinski definition) is 3. The molecule has 2 aromatic carbocycles. The van der Waals surface area contributed by atoms with Crippen LogP contribution in [0, 0.1) is 11.6 Å². The van der Waals surface area contributed by atoms with Crippen LogP contribution in [0.25, 0.3) is 22.5 Å². The normalized spacial score (nSPS) is 15.8. The van der Waals surface area contributed by atoms with Gasteiger partial charge in [-0.2, -0.15) is 0 Å². The fourth-order valence-corrected chi connectivity index (χ4v) is 3.60. The third-order valence-electron chi connectivity index (χ3n) is 5.19. The minimum absolute atomic E-state index is 0.157. The Labute approximate surface area is 172 Å². The molecule has 4 rings (SSSR count). The van der Waals surface area contributed by atoms with Gasteiger partial charge < -0.3 is 15.6 Å². The minimum atomic E-state index is -0.477. The van der Waals surface area contributed by atoms with Crippen molar-refractivity contribution in [2.45, 2.75) is 25.3 Å². The van der Waals surface area contributed by atoms with Gasteiger partial charge in [0.25, 0.3) is 0 Å². The lowest BCUT2D eigenvalue weighted by Crippen LogP contribution is -2.40. The topological polar surface area (TPSA) is 74.0 Å². The summed E-state index contributed by atoms with van der Waals surface area (Å²) in [4.78, 5) is 27.3. The quantitative estimate of drug-likeness (QED) is 0.582. The van der Waals surface area contributed by atoms with Crippen LogP contribution in [-0.4, -0.2) is 29.4 Å². The van der Waals surface area contributed by atoms with E-state index in [1.54, 1.807) is 24.3 Å². The summed E-state index contributed by atoms with van der Waals surface area (Å²) in [6.45, 7) is 0.567. The molecule has 5 nitrogen and oxygen atoms in total. The zero-order valence-corrected chi connectivity index (χ0v) is 16.2. The van der Waals surface area contributed by atoms with E-state index >= 15 is 0 Å². The molecule has 1 aromatic heterocycles. The van der Waals surface area contributed by atoms with Gasteiger partial charge in [-0.1, -0.05) is 0 Å². The number of nitrogens with one attached hydrogen (secondary N) is 3. The van der Waals surface area contributed by atoms with E-state index in [0.717, 1.165) is 28.1 Å². The summed E-state index contributed by atoms with van der Waals surface area (Å²) in [6.07, 6.45) is 1.23. The molecule has 3 N–H and O–H groups in total. The second-order valence-corrected chi connectivity index (χ2v) is 7.30. The number of benzene rings is 2. The molecule has 1 aliphatic heterocycles. The Morgan fingerprint density at radius 3 is 2.23 bits per heavy atom. The number of H-pyrrole nitrogens is 1. The van der Waals surface area contributed by atoms with Gasteiger partial charge in [0.15, 0.2) is 0 Å². The molecule has 2 amide bonds. The molecule has 30 heavy (non-hydrogen) atoms. The Morgan fingerprint density at radius 2 is 1.63 bits per heavy atom. The minimum Gasteiger partial charge on any atom is -0.354 e. The van der Waals surface area contributed by atoms with E-state index in [9.17, 15) is 18.4 Å². The van der Waals surface area contributed by atoms with E-state index in [1.807, 2.05) is 6.07 Å². The van der Waals surface area contributed by atoms with Crippen molar-refractivity contribution in [3.63, 3.8) is 0 Å². The van der Waals surface area contributed by atoms with Gasteiger partial charge in [0.2, 0.25) is 11.8 Å². The van der Waals surface area contributed by atoms with E-state index in [-0.39, 0.29) is 29.9 Å². The number of carbonyl (C=O) groups is 2. The zero-order valence-electron chi connectivity index (χ0n) is 16.2. The van der Waals surface area contributed by atoms with Gasteiger partial charge in [-0.05, 0) is 84.1 Å². The van der Waals surface area contributed by atoms with Crippen LogP contribution in [0.2, 0.25) is 0 Å². The Hall–Kier alpha value is -3.48. The SMILES string of the molecule is O=C(CCc1cc(-c2ccc(F)cc2)[nH]c1-c1ccc(F)cc1)N[C@H]1CCNC1=O. The molecule has 0 radical (unpaired) electrons. The van der Waals surface area contributed by atoms with E-state index in [1.165, 1.54) is 24.3 Å². The molecule has 154 valence electrons. The van der Waals surface area contributed by atoms with Crippen LogP contribution in [0.4, 0.5) is 8.78 Å². The molecule has 1 fully saturated rings. The van der Waals surface area contributed by atoms with Crippen molar-refractivity contribution >= 4 is 11.8 Å². The van der Waals surface area contributed by atoms with Gasteiger partial charge in [0, 0.05) is 24.4 Å². The number of halogens is 2. The molecule has 3 aromatic rings. The average molecular weight is 409 g/mol. The first-order chi connectivity index (χ1) is 14.5. The summed E-state index contributed by atoms with van der Waals surface area (Å²) >= 11 is 0. The fraction of sp³-hybridized carbons (Fsp3) is 0.217. The van der Waals surface area contributed by atoms with Crippen molar-refractivity contribution in [2.24, 2.45) is 0 Å². The highest BCUT2D eigenvalue weighted by Crippen LogP contribution is 2.30. The van der Waals surface area contributed by atoms with E-state index in [0.29, 0.717) is 19.4 Å². The Bertz CT molecular complexity index is 1060. The first kappa shape index (κ1) is 19.8. The van der Waals surface area contributed by atoms with Gasteiger partial charge in [0.1, 0.15) is 17.7 Å². The van der Waals surface area contributed by atoms with Crippen molar-refractivity contribution in [1.29, 1.82) is 0 Å². The molecule has 0 saturated carbocycles. The second kappa shape index (κ2) is 8.49. The Balaban J connectivity index is 1.56. The van der Waals surface area contributed by atoms with Gasteiger partial charge in [0.05, 0.1) is 0 Å². The number of aryl methyl sites for hydroxylation is 1. The van der Waals surface area contributed by atoms with E-state index in [4.69, 9.17) is 0 Å². The number of carbonyl (C=O) groups excluding carboxylic acids is 2. The van der Waals surface area contributed by atoms with Crippen LogP contribution < -0.4 is 10.6 Å². The van der Waals surface area contributed by atoms with Gasteiger partial charge in [-0.15, -0.1) is 0 Å². The highest BCUT2D eigenvalue weighted by atomic mass is 19.1. The summed E-state index contributed by atoms with van der Waals surface area (Å²) in [6, 6.07) is 13.6. The molecule has 2 heterocycles. The number of aromatic amines is 1. The average Bonchev–Trinajstić information content (AvgIpc) is 3.34. The molecule has 1 saturated heterocycles. The molecule has 1 atom stereocenters. The van der Waals surface area contributed by atoms with Gasteiger partial charge in [-0.3, -0.25) is 9.59 Å². The van der Waals surface area contributed by atoms with Crippen molar-refractivity contribution < 1.29 is 18.4 Å². The van der Waals surface area contributed by atoms with Crippen molar-refractivity contribution in [3.8, 4) is 22.5 Å². The van der Waals surface area contributed by atoms with E-state index < -0.39 is 6.04 Å². The van der Waals surface area contributed by atoms with Crippen molar-refractivity contribution in [3.05, 3.63) is 71.8 Å². The third kappa shape index (κ3) is 4.40. The predicted molar refractivity (Wildman–Crippen MR) is 109 cm³/mol. The predicted octanol–water partition coefficient (Wildman–Crippen LogP) is 3.56. The Morgan fingerprint density at radius 1 is 1.00 bits per heavy atom. The van der Waals surface area contributed by atoms with Crippen LogP contribution in [0.3, 0.4) is 0 Å². The Kier molecular flexibility index (Phi) is 5.61. The van der Waals surface area contributed by atoms with Crippen LogP contribution >= 0.6 is 0 Å². The van der Waals surface area contributed by atoms with Crippen molar-refractivity contribution in [2.75, 3.05) is 6.54 Å². The van der Waals surface area contributed by atoms with Crippen LogP contribution in [0.5, 0.6) is 0 Å². The lowest BCUT2D eigenvalue weighted by Gasteiger charge is -2.10. The number of aromatic nitrogens is 1. The first-order valence-electron chi connectivity index (χ1n) is 9.80. The van der Waals surface area contributed by atoms with Crippen LogP contribution in [0.15, 0.2) is 54.6 Å². The smallest absolute Gasteiger partial charge is 0.242 e. The number of amides is 2. The third-order valence-corrected chi connectivity index (χ3v) is 5.19. The number of rotatable bonds is 6. The summed E-state index contributed by atoms with van der Waals surface area (Å²) < 4.78 is 26.6. The van der Waals surface area contributed by atoms with Gasteiger partial charge in [-0.25, -0.2) is 8.78 Å². The van der Waals surface area contributed by atoms with Crippen molar-refractivity contribution in [1.82, 2.24) is 15.6 Å². The largest absolute Gasteiger partial charge is 0.354 e. The first-order valence-corrected chi connectivity index (χ1v) is 9.80. The molecular weight excluding hydrogens is 388 g/mol. The molecule has 0 unspecified atom stereocenters. The summed E-state index contributed by atoms with van der Waals surface area (Å²) in [5, 5.41) is 5.45. The summed E-state index contributed by atoms with van der Waals surface area (Å²) in [5.74, 6) is -1.01. The highest BCUT2D eigenvalue weighted by molar-refractivity contribution is 5.89. The maximum Gasteiger partial charge on any atom is 0.242 e. The summed E-state index contributed by atoms with van der Waals surface area (Å²) in [7, 11) is 0. The maximum atomic E-state index is 13.4.